The van der Waals surface area contributed by atoms with Gasteiger partial charge in [0, 0.05) is 0 Å². The summed E-state index contributed by atoms with van der Waals surface area (Å²) in [5, 5.41) is 17.0. The number of ether oxygens (including phenoxy) is 4. The summed E-state index contributed by atoms with van der Waals surface area (Å²) in [5.41, 5.74) is 47.2. The van der Waals surface area contributed by atoms with E-state index in [0.717, 1.165) is 0 Å². The number of rotatable bonds is 21. The van der Waals surface area contributed by atoms with Crippen molar-refractivity contribution in [1.29, 1.82) is 0 Å². The SMILES string of the molecule is CC[C@H](C)[C@H](N)C(=O)OC[C@H](N)C(=O)OC(=O)[C@@H](N)CC(N)=O.CSCC[C@H](N)C(=O)OC(=O)[C@@H](N)CC(N)=O.C[C@@H](OC(=O)[C@@H](N)CO)[C@H](N)C(=O)O. The van der Waals surface area contributed by atoms with E-state index in [1.165, 1.54) is 18.7 Å². The molecule has 9 atom stereocenters. The lowest BCUT2D eigenvalue weighted by Crippen LogP contribution is -2.46. The summed E-state index contributed by atoms with van der Waals surface area (Å²) in [4.78, 5) is 99.6. The van der Waals surface area contributed by atoms with Crippen molar-refractivity contribution in [1.82, 2.24) is 0 Å². The molecule has 0 aromatic heterocycles. The number of amides is 2. The Morgan fingerprint density at radius 3 is 1.43 bits per heavy atom. The highest BCUT2D eigenvalue weighted by Crippen LogP contribution is 2.07. The third kappa shape index (κ3) is 24.8. The molecule has 312 valence electrons. The fourth-order valence-corrected chi connectivity index (χ4v) is 3.40. The lowest BCUT2D eigenvalue weighted by molar-refractivity contribution is -0.164. The number of carboxylic acids is 1. The smallest absolute Gasteiger partial charge is 0.334 e. The van der Waals surface area contributed by atoms with Crippen molar-refractivity contribution in [2.24, 2.45) is 57.5 Å². The van der Waals surface area contributed by atoms with E-state index in [9.17, 15) is 43.2 Å². The van der Waals surface area contributed by atoms with Crippen molar-refractivity contribution < 1.29 is 72.3 Å². The van der Waals surface area contributed by atoms with Crippen LogP contribution in [-0.2, 0) is 62.1 Å². The van der Waals surface area contributed by atoms with Gasteiger partial charge in [0.1, 0.15) is 55.0 Å². The van der Waals surface area contributed by atoms with E-state index in [1.807, 2.05) is 13.2 Å². The normalized spacial score (nSPS) is 15.5. The Balaban J connectivity index is -0.000000748. The number of primary amides is 2. The molecule has 25 heteroatoms. The average Bonchev–Trinajstić information content (AvgIpc) is 3.10. The first-order chi connectivity index (χ1) is 24.9. The highest BCUT2D eigenvalue weighted by atomic mass is 32.2. The summed E-state index contributed by atoms with van der Waals surface area (Å²) in [6.07, 6.45) is 1.12. The summed E-state index contributed by atoms with van der Waals surface area (Å²) in [6.45, 7) is 3.91. The molecule has 24 nitrogen and oxygen atoms in total. The van der Waals surface area contributed by atoms with Gasteiger partial charge in [0.05, 0.1) is 19.4 Å². The van der Waals surface area contributed by atoms with Crippen molar-refractivity contribution in [3.63, 3.8) is 0 Å². The van der Waals surface area contributed by atoms with Gasteiger partial charge in [-0.15, -0.1) is 0 Å². The van der Waals surface area contributed by atoms with Crippen molar-refractivity contribution in [3.8, 4) is 0 Å². The highest BCUT2D eigenvalue weighted by Gasteiger charge is 2.28. The van der Waals surface area contributed by atoms with Crippen LogP contribution in [-0.4, -0.2) is 137 Å². The second kappa shape index (κ2) is 29.1. The number of thioether (sulfide) groups is 1. The average molecular weight is 802 g/mol. The van der Waals surface area contributed by atoms with Crippen LogP contribution in [0.25, 0.3) is 0 Å². The maximum absolute atomic E-state index is 11.6. The molecule has 2 amide bonds. The summed E-state index contributed by atoms with van der Waals surface area (Å²) in [6, 6.07) is -8.16. The molecule has 0 saturated heterocycles. The van der Waals surface area contributed by atoms with E-state index < -0.39 is 122 Å². The standard InChI is InChI=1S/C13H24N4O6.C9H17N3O4S.C7H14N2O5/c1-3-6(2)10(17)13(21)22-5-8(15)12(20)23-11(19)7(14)4-9(16)18;1-17-3-2-5(10)8(14)16-9(15)6(11)4-7(12)13;1-3(5(9)6(11)12)14-7(13)4(8)2-10/h6-8,10H,3-5,14-15,17H2,1-2H3,(H2,16,18);5-6H,2-4,10-11H2,1H3,(H2,12,13);3-5,10H,2,8-9H2,1H3,(H,11,12)/t6-,7-,8-,10-;5-,6-;3-,4+,5+/m001/s1. The van der Waals surface area contributed by atoms with E-state index >= 15 is 0 Å². The van der Waals surface area contributed by atoms with Gasteiger partial charge in [-0.05, 0) is 31.3 Å². The number of nitrogens with two attached hydrogens (primary N) is 9. The molecule has 0 saturated carbocycles. The topological polar surface area (TPSA) is 465 Å². The summed E-state index contributed by atoms with van der Waals surface area (Å²) in [7, 11) is 0. The van der Waals surface area contributed by atoms with Gasteiger partial charge >= 0.3 is 41.8 Å². The Morgan fingerprint density at radius 1 is 0.630 bits per heavy atom. The molecular formula is C29H55N9O15S. The molecule has 0 aromatic rings. The quantitative estimate of drug-likeness (QED) is 0.0292. The van der Waals surface area contributed by atoms with Crippen LogP contribution in [0.1, 0.15) is 46.5 Å². The molecule has 54 heavy (non-hydrogen) atoms. The number of hydrogen-bond donors (Lipinski definition) is 11. The van der Waals surface area contributed by atoms with Crippen molar-refractivity contribution in [2.75, 3.05) is 25.2 Å². The first kappa shape index (κ1) is 54.0. The first-order valence-electron chi connectivity index (χ1n) is 15.9. The van der Waals surface area contributed by atoms with E-state index in [0.29, 0.717) is 18.6 Å². The van der Waals surface area contributed by atoms with Gasteiger partial charge in [0.15, 0.2) is 0 Å². The number of carbonyl (C=O) groups is 9. The third-order valence-electron chi connectivity index (χ3n) is 6.62. The number of carboxylic acid groups (broad SMARTS) is 1. The fraction of sp³-hybridized carbons (Fsp3) is 0.690. The molecule has 0 spiro atoms. The lowest BCUT2D eigenvalue weighted by atomic mass is 10.0. The summed E-state index contributed by atoms with van der Waals surface area (Å²) in [5.74, 6) is -7.97. The Morgan fingerprint density at radius 2 is 1.06 bits per heavy atom. The van der Waals surface area contributed by atoms with Crippen LogP contribution in [0.4, 0.5) is 0 Å². The molecule has 0 fully saturated rings. The van der Waals surface area contributed by atoms with Gasteiger partial charge in [0.25, 0.3) is 0 Å². The molecule has 0 aliphatic carbocycles. The minimum atomic E-state index is -1.38. The molecular weight excluding hydrogens is 746 g/mol. The van der Waals surface area contributed by atoms with Gasteiger partial charge < -0.3 is 80.8 Å². The zero-order chi connectivity index (χ0) is 42.9. The van der Waals surface area contributed by atoms with Gasteiger partial charge in [-0.3, -0.25) is 24.0 Å². The second-order valence-corrected chi connectivity index (χ2v) is 12.4. The van der Waals surface area contributed by atoms with Crippen LogP contribution in [0.5, 0.6) is 0 Å². The number of aliphatic hydroxyl groups is 1. The van der Waals surface area contributed by atoms with Crippen LogP contribution < -0.4 is 51.6 Å². The van der Waals surface area contributed by atoms with Crippen LogP contribution >= 0.6 is 11.8 Å². The number of carbonyl (C=O) groups excluding carboxylic acids is 8. The van der Waals surface area contributed by atoms with Crippen molar-refractivity contribution >= 4 is 65.4 Å². The van der Waals surface area contributed by atoms with E-state index in [-0.39, 0.29) is 12.3 Å². The fourth-order valence-electron chi connectivity index (χ4n) is 2.91. The van der Waals surface area contributed by atoms with Crippen molar-refractivity contribution in [2.45, 2.75) is 94.9 Å². The molecule has 0 heterocycles. The van der Waals surface area contributed by atoms with Gasteiger partial charge in [0.2, 0.25) is 11.8 Å². The Hall–Kier alpha value is -4.34. The molecule has 0 rings (SSSR count). The zero-order valence-corrected chi connectivity index (χ0v) is 31.3. The Bertz CT molecular complexity index is 1260. The molecule has 0 bridgehead atoms. The van der Waals surface area contributed by atoms with Crippen LogP contribution in [0.3, 0.4) is 0 Å². The number of aliphatic hydroxyl groups excluding tert-OH is 1. The monoisotopic (exact) mass is 801 g/mol. The number of esters is 6. The molecule has 20 N–H and O–H groups in total. The molecule has 0 aliphatic heterocycles. The maximum Gasteiger partial charge on any atom is 0.334 e. The van der Waals surface area contributed by atoms with Gasteiger partial charge in [-0.2, -0.15) is 11.8 Å². The zero-order valence-electron chi connectivity index (χ0n) is 30.5. The minimum absolute atomic E-state index is 0.0981. The van der Waals surface area contributed by atoms with E-state index in [2.05, 4.69) is 14.2 Å². The number of hydrogen-bond acceptors (Lipinski definition) is 22. The largest absolute Gasteiger partial charge is 0.480 e. The van der Waals surface area contributed by atoms with Gasteiger partial charge in [-0.25, -0.2) is 19.2 Å². The van der Waals surface area contributed by atoms with Crippen LogP contribution in [0.15, 0.2) is 0 Å². The predicted molar refractivity (Wildman–Crippen MR) is 189 cm³/mol. The molecule has 0 unspecified atom stereocenters. The predicted octanol–water partition coefficient (Wildman–Crippen LogP) is -6.51. The molecule has 0 aliphatic rings. The first-order valence-corrected chi connectivity index (χ1v) is 17.3. The summed E-state index contributed by atoms with van der Waals surface area (Å²) >= 11 is 1.52. The number of aliphatic carboxylic acids is 1. The minimum Gasteiger partial charge on any atom is -0.480 e. The molecule has 0 aromatic carbocycles. The van der Waals surface area contributed by atoms with E-state index in [1.54, 1.807) is 6.92 Å². The second-order valence-electron chi connectivity index (χ2n) is 11.4. The lowest BCUT2D eigenvalue weighted by Gasteiger charge is -2.18. The maximum atomic E-state index is 11.6. The summed E-state index contributed by atoms with van der Waals surface area (Å²) < 4.78 is 18.2. The Kier molecular flexibility index (Phi) is 29.1. The highest BCUT2D eigenvalue weighted by molar-refractivity contribution is 7.98. The van der Waals surface area contributed by atoms with Gasteiger partial charge in [-0.1, -0.05) is 20.3 Å². The Labute approximate surface area is 315 Å². The molecule has 0 radical (unpaired) electrons. The van der Waals surface area contributed by atoms with Crippen LogP contribution in [0.2, 0.25) is 0 Å². The third-order valence-corrected chi connectivity index (χ3v) is 7.26. The van der Waals surface area contributed by atoms with Crippen LogP contribution in [0, 0.1) is 5.92 Å². The van der Waals surface area contributed by atoms with Crippen molar-refractivity contribution in [3.05, 3.63) is 0 Å². The van der Waals surface area contributed by atoms with E-state index in [4.69, 9.17) is 66.6 Å².